The summed E-state index contributed by atoms with van der Waals surface area (Å²) in [6.07, 6.45) is 3.18. The second-order valence-corrected chi connectivity index (χ2v) is 5.88. The molecule has 1 aliphatic rings. The third kappa shape index (κ3) is 3.47. The van der Waals surface area contributed by atoms with Crippen molar-refractivity contribution in [2.24, 2.45) is 0 Å². The van der Waals surface area contributed by atoms with Gasteiger partial charge in [0.15, 0.2) is 5.11 Å². The number of aromatic nitrogens is 1. The summed E-state index contributed by atoms with van der Waals surface area (Å²) >= 11 is 5.04. The zero-order valence-corrected chi connectivity index (χ0v) is 14.9. The van der Waals surface area contributed by atoms with Crippen molar-refractivity contribution in [3.63, 3.8) is 0 Å². The van der Waals surface area contributed by atoms with E-state index < -0.39 is 11.8 Å². The van der Waals surface area contributed by atoms with Gasteiger partial charge < -0.3 is 9.30 Å². The number of aryl methyl sites for hydroxylation is 1. The summed E-state index contributed by atoms with van der Waals surface area (Å²) in [5.41, 5.74) is 2.91. The molecule has 1 fully saturated rings. The number of methoxy groups -OCH3 is 1. The highest BCUT2D eigenvalue weighted by molar-refractivity contribution is 7.80. The largest absolute Gasteiger partial charge is 0.383 e. The van der Waals surface area contributed by atoms with Gasteiger partial charge in [-0.15, -0.1) is 6.58 Å². The Morgan fingerprint density at radius 2 is 2.08 bits per heavy atom. The van der Waals surface area contributed by atoms with Crippen molar-refractivity contribution in [2.75, 3.05) is 20.3 Å². The van der Waals surface area contributed by atoms with Gasteiger partial charge in [-0.3, -0.25) is 19.8 Å². The highest BCUT2D eigenvalue weighted by atomic mass is 32.1. The molecular formula is C17H21N3O3S. The van der Waals surface area contributed by atoms with E-state index in [2.05, 4.69) is 16.5 Å². The first-order valence-corrected chi connectivity index (χ1v) is 7.97. The van der Waals surface area contributed by atoms with Gasteiger partial charge >= 0.3 is 0 Å². The molecule has 6 nitrogen and oxygen atoms in total. The lowest BCUT2D eigenvalue weighted by atomic mass is 10.1. The second kappa shape index (κ2) is 7.55. The van der Waals surface area contributed by atoms with E-state index in [1.54, 1.807) is 19.3 Å². The third-order valence-electron chi connectivity index (χ3n) is 3.93. The summed E-state index contributed by atoms with van der Waals surface area (Å²) in [7, 11) is 1.65. The van der Waals surface area contributed by atoms with Crippen LogP contribution in [0.3, 0.4) is 0 Å². The number of carbonyl (C=O) groups is 2. The van der Waals surface area contributed by atoms with Crippen LogP contribution in [0.4, 0.5) is 0 Å². The summed E-state index contributed by atoms with van der Waals surface area (Å²) in [6.45, 7) is 9.09. The van der Waals surface area contributed by atoms with E-state index in [1.807, 2.05) is 19.9 Å². The molecule has 2 amide bonds. The fourth-order valence-corrected chi connectivity index (χ4v) is 2.90. The number of thiocarbonyl (C=S) groups is 1. The van der Waals surface area contributed by atoms with Crippen molar-refractivity contribution in [3.05, 3.63) is 41.2 Å². The minimum absolute atomic E-state index is 0.0671. The Hall–Kier alpha value is -2.25. The molecule has 0 radical (unpaired) electrons. The second-order valence-electron chi connectivity index (χ2n) is 5.49. The molecule has 1 aromatic rings. The van der Waals surface area contributed by atoms with E-state index in [-0.39, 0.29) is 17.2 Å². The quantitative estimate of drug-likeness (QED) is 0.367. The minimum Gasteiger partial charge on any atom is -0.383 e. The normalized spacial score (nSPS) is 16.7. The maximum Gasteiger partial charge on any atom is 0.265 e. The number of rotatable bonds is 6. The lowest BCUT2D eigenvalue weighted by Gasteiger charge is -2.27. The standard InChI is InChI=1S/C17H21N3O3S/c1-5-6-20-16(22)14(15(21)18-17(20)24)10-13-9-11(2)19(12(13)3)7-8-23-4/h5,9-10H,1,6-8H2,2-4H3,(H,18,21,24). The monoisotopic (exact) mass is 347 g/mol. The van der Waals surface area contributed by atoms with Crippen molar-refractivity contribution in [2.45, 2.75) is 20.4 Å². The zero-order chi connectivity index (χ0) is 17.9. The molecule has 2 rings (SSSR count). The van der Waals surface area contributed by atoms with Crippen LogP contribution in [-0.2, 0) is 20.9 Å². The molecule has 0 aromatic carbocycles. The van der Waals surface area contributed by atoms with Crippen molar-refractivity contribution in [1.82, 2.24) is 14.8 Å². The molecule has 7 heteroatoms. The van der Waals surface area contributed by atoms with Crippen molar-refractivity contribution >= 4 is 35.2 Å². The number of nitrogens with zero attached hydrogens (tertiary/aromatic N) is 2. The summed E-state index contributed by atoms with van der Waals surface area (Å²) in [5.74, 6) is -0.891. The van der Waals surface area contributed by atoms with Crippen LogP contribution in [0.1, 0.15) is 17.0 Å². The number of carbonyl (C=O) groups excluding carboxylic acids is 2. The lowest BCUT2D eigenvalue weighted by molar-refractivity contribution is -0.128. The number of ether oxygens (including phenoxy) is 1. The third-order valence-corrected chi connectivity index (χ3v) is 4.25. The van der Waals surface area contributed by atoms with Crippen molar-refractivity contribution in [1.29, 1.82) is 0 Å². The minimum atomic E-state index is -0.480. The summed E-state index contributed by atoms with van der Waals surface area (Å²) in [6, 6.07) is 1.95. The van der Waals surface area contributed by atoms with Crippen LogP contribution in [0.2, 0.25) is 0 Å². The molecule has 0 saturated carbocycles. The highest BCUT2D eigenvalue weighted by Gasteiger charge is 2.32. The molecule has 24 heavy (non-hydrogen) atoms. The topological polar surface area (TPSA) is 63.6 Å². The molecule has 0 bridgehead atoms. The Bertz CT molecular complexity index is 734. The molecule has 0 atom stereocenters. The molecule has 1 saturated heterocycles. The van der Waals surface area contributed by atoms with E-state index in [9.17, 15) is 9.59 Å². The smallest absolute Gasteiger partial charge is 0.265 e. The van der Waals surface area contributed by atoms with Crippen LogP contribution >= 0.6 is 12.2 Å². The van der Waals surface area contributed by atoms with Gasteiger partial charge in [0, 0.05) is 31.6 Å². The number of amides is 2. The molecule has 1 aliphatic heterocycles. The number of hydrogen-bond acceptors (Lipinski definition) is 4. The van der Waals surface area contributed by atoms with E-state index in [4.69, 9.17) is 17.0 Å². The van der Waals surface area contributed by atoms with Gasteiger partial charge in [-0.25, -0.2) is 0 Å². The molecule has 0 unspecified atom stereocenters. The fourth-order valence-electron chi connectivity index (χ4n) is 2.64. The maximum absolute atomic E-state index is 12.6. The van der Waals surface area contributed by atoms with Gasteiger partial charge in [-0.1, -0.05) is 6.08 Å². The van der Waals surface area contributed by atoms with Gasteiger partial charge in [0.05, 0.1) is 6.61 Å². The van der Waals surface area contributed by atoms with Crippen LogP contribution in [0.25, 0.3) is 6.08 Å². The molecule has 1 aromatic heterocycles. The molecule has 128 valence electrons. The van der Waals surface area contributed by atoms with Gasteiger partial charge in [0.1, 0.15) is 5.57 Å². The van der Waals surface area contributed by atoms with Gasteiger partial charge in [-0.05, 0) is 43.8 Å². The van der Waals surface area contributed by atoms with E-state index in [0.29, 0.717) is 13.2 Å². The van der Waals surface area contributed by atoms with Crippen LogP contribution in [0.15, 0.2) is 24.3 Å². The van der Waals surface area contributed by atoms with Gasteiger partial charge in [-0.2, -0.15) is 0 Å². The Labute approximate surface area is 146 Å². The average molecular weight is 347 g/mol. The highest BCUT2D eigenvalue weighted by Crippen LogP contribution is 2.20. The van der Waals surface area contributed by atoms with E-state index in [0.717, 1.165) is 17.0 Å². The van der Waals surface area contributed by atoms with E-state index >= 15 is 0 Å². The lowest BCUT2D eigenvalue weighted by Crippen LogP contribution is -2.53. The summed E-state index contributed by atoms with van der Waals surface area (Å²) in [4.78, 5) is 26.0. The Morgan fingerprint density at radius 3 is 2.71 bits per heavy atom. The van der Waals surface area contributed by atoms with Crippen LogP contribution in [0.5, 0.6) is 0 Å². The zero-order valence-electron chi connectivity index (χ0n) is 14.1. The van der Waals surface area contributed by atoms with Crippen LogP contribution in [-0.4, -0.2) is 46.7 Å². The first-order chi connectivity index (χ1) is 11.4. The fraction of sp³-hybridized carbons (Fsp3) is 0.353. The molecular weight excluding hydrogens is 326 g/mol. The first-order valence-electron chi connectivity index (χ1n) is 7.56. The molecule has 0 aliphatic carbocycles. The Morgan fingerprint density at radius 1 is 1.38 bits per heavy atom. The van der Waals surface area contributed by atoms with Gasteiger partial charge in [0.2, 0.25) is 0 Å². The van der Waals surface area contributed by atoms with Crippen LogP contribution < -0.4 is 5.32 Å². The van der Waals surface area contributed by atoms with Gasteiger partial charge in [0.25, 0.3) is 11.8 Å². The summed E-state index contributed by atoms with van der Waals surface area (Å²) in [5, 5.41) is 2.65. The molecule has 2 heterocycles. The Balaban J connectivity index is 2.39. The van der Waals surface area contributed by atoms with Crippen LogP contribution in [0, 0.1) is 13.8 Å². The predicted octanol–water partition coefficient (Wildman–Crippen LogP) is 1.56. The maximum atomic E-state index is 12.6. The van der Waals surface area contributed by atoms with Crippen molar-refractivity contribution < 1.29 is 14.3 Å². The first kappa shape index (κ1) is 18.1. The number of nitrogens with one attached hydrogen (secondary N) is 1. The predicted molar refractivity (Wildman–Crippen MR) is 96.4 cm³/mol. The van der Waals surface area contributed by atoms with Crippen molar-refractivity contribution in [3.8, 4) is 0 Å². The summed E-state index contributed by atoms with van der Waals surface area (Å²) < 4.78 is 7.21. The SMILES string of the molecule is C=CCN1C(=O)C(=Cc2cc(C)n(CCOC)c2C)C(=O)NC1=S. The molecule has 0 spiro atoms. The Kier molecular flexibility index (Phi) is 5.69. The molecule has 1 N–H and O–H groups in total. The average Bonchev–Trinajstić information content (AvgIpc) is 2.80. The number of hydrogen-bond donors (Lipinski definition) is 1. The van der Waals surface area contributed by atoms with E-state index in [1.165, 1.54) is 4.90 Å².